The molecule has 12 heteroatoms. The van der Waals surface area contributed by atoms with Gasteiger partial charge in [-0.15, -0.1) is 5.10 Å². The Kier molecular flexibility index (Phi) is 8.39. The predicted molar refractivity (Wildman–Crippen MR) is 120 cm³/mol. The van der Waals surface area contributed by atoms with Crippen molar-refractivity contribution in [2.45, 2.75) is 52.2 Å². The molecule has 190 valence electrons. The SMILES string of the molecule is COC(=O)c1nc(C#Cc2ccc(C)cc2)n([C@@H]2O[C@H](COC(C)=O)[C@@H](OC(C)=O)[C@H]2OC(C)=O)n1. The van der Waals surface area contributed by atoms with Crippen LogP contribution in [-0.2, 0) is 38.1 Å². The third-order valence-electron chi connectivity index (χ3n) is 4.95. The summed E-state index contributed by atoms with van der Waals surface area (Å²) in [7, 11) is 1.17. The minimum atomic E-state index is -1.23. The van der Waals surface area contributed by atoms with Gasteiger partial charge in [-0.05, 0) is 25.0 Å². The minimum Gasteiger partial charge on any atom is -0.463 e. The van der Waals surface area contributed by atoms with Gasteiger partial charge in [0, 0.05) is 26.3 Å². The van der Waals surface area contributed by atoms with Crippen LogP contribution in [0.4, 0.5) is 0 Å². The van der Waals surface area contributed by atoms with Gasteiger partial charge >= 0.3 is 23.9 Å². The standard InChI is InChI=1S/C24H25N3O9/c1-13-6-8-17(9-7-13)10-11-19-25-22(24(31)32-5)26-27(19)23-21(35-16(4)30)20(34-15(3)29)18(36-23)12-33-14(2)28/h6-9,18,20-21,23H,12H2,1-5H3/t18-,20-,21-,23-/m1/s1. The van der Waals surface area contributed by atoms with Gasteiger partial charge in [-0.1, -0.05) is 23.6 Å². The molecule has 0 aliphatic carbocycles. The van der Waals surface area contributed by atoms with Gasteiger partial charge in [-0.3, -0.25) is 14.4 Å². The molecular formula is C24H25N3O9. The van der Waals surface area contributed by atoms with Crippen LogP contribution in [0.5, 0.6) is 0 Å². The fourth-order valence-electron chi connectivity index (χ4n) is 3.42. The highest BCUT2D eigenvalue weighted by Gasteiger charge is 2.51. The Morgan fingerprint density at radius 3 is 2.19 bits per heavy atom. The summed E-state index contributed by atoms with van der Waals surface area (Å²) in [6.07, 6.45) is -4.62. The van der Waals surface area contributed by atoms with E-state index in [0.717, 1.165) is 10.2 Å². The summed E-state index contributed by atoms with van der Waals surface area (Å²) in [5.74, 6) is 2.65. The topological polar surface area (TPSA) is 145 Å². The quantitative estimate of drug-likeness (QED) is 0.320. The van der Waals surface area contributed by atoms with Crippen molar-refractivity contribution in [3.63, 3.8) is 0 Å². The lowest BCUT2D eigenvalue weighted by molar-refractivity contribution is -0.166. The van der Waals surface area contributed by atoms with Crippen molar-refractivity contribution in [2.75, 3.05) is 13.7 Å². The molecule has 0 bridgehead atoms. The van der Waals surface area contributed by atoms with Crippen LogP contribution in [0.2, 0.25) is 0 Å². The minimum absolute atomic E-state index is 0.00663. The van der Waals surface area contributed by atoms with Crippen LogP contribution in [-0.4, -0.2) is 70.7 Å². The summed E-state index contributed by atoms with van der Waals surface area (Å²) in [4.78, 5) is 51.4. The number of nitrogens with zero attached hydrogens (tertiary/aromatic N) is 3. The lowest BCUT2D eigenvalue weighted by Crippen LogP contribution is -2.40. The van der Waals surface area contributed by atoms with Gasteiger partial charge in [0.2, 0.25) is 5.82 Å². The van der Waals surface area contributed by atoms with E-state index in [9.17, 15) is 19.2 Å². The van der Waals surface area contributed by atoms with Gasteiger partial charge in [-0.25, -0.2) is 9.48 Å². The molecular weight excluding hydrogens is 474 g/mol. The van der Waals surface area contributed by atoms with Crippen molar-refractivity contribution >= 4 is 23.9 Å². The van der Waals surface area contributed by atoms with Gasteiger partial charge in [0.05, 0.1) is 7.11 Å². The van der Waals surface area contributed by atoms with E-state index in [0.29, 0.717) is 5.56 Å². The first kappa shape index (κ1) is 26.4. The Hall–Kier alpha value is -4.24. The van der Waals surface area contributed by atoms with E-state index in [4.69, 9.17) is 23.7 Å². The van der Waals surface area contributed by atoms with Crippen molar-refractivity contribution in [3.8, 4) is 11.8 Å². The molecule has 4 atom stereocenters. The molecule has 2 aromatic rings. The summed E-state index contributed by atoms with van der Waals surface area (Å²) in [6, 6.07) is 7.39. The Balaban J connectivity index is 2.07. The van der Waals surface area contributed by atoms with Crippen molar-refractivity contribution in [3.05, 3.63) is 47.0 Å². The number of rotatable bonds is 6. The molecule has 12 nitrogen and oxygen atoms in total. The molecule has 0 saturated carbocycles. The second-order valence-electron chi connectivity index (χ2n) is 7.83. The molecule has 1 fully saturated rings. The van der Waals surface area contributed by atoms with Gasteiger partial charge in [0.1, 0.15) is 12.7 Å². The maximum absolute atomic E-state index is 12.2. The molecule has 0 amide bonds. The maximum atomic E-state index is 12.2. The summed E-state index contributed by atoms with van der Waals surface area (Å²) in [6.45, 7) is 5.18. The van der Waals surface area contributed by atoms with Crippen LogP contribution >= 0.6 is 0 Å². The van der Waals surface area contributed by atoms with Crippen LogP contribution in [0.25, 0.3) is 0 Å². The summed E-state index contributed by atoms with van der Waals surface area (Å²) in [5, 5.41) is 4.15. The zero-order valence-electron chi connectivity index (χ0n) is 20.3. The first-order valence-corrected chi connectivity index (χ1v) is 10.9. The summed E-state index contributed by atoms with van der Waals surface area (Å²) >= 11 is 0. The van der Waals surface area contributed by atoms with Gasteiger partial charge in [-0.2, -0.15) is 4.98 Å². The van der Waals surface area contributed by atoms with Crippen LogP contribution in [0.3, 0.4) is 0 Å². The first-order chi connectivity index (χ1) is 17.1. The number of carbonyl (C=O) groups is 4. The number of benzene rings is 1. The average molecular weight is 499 g/mol. The molecule has 1 aliphatic heterocycles. The van der Waals surface area contributed by atoms with E-state index in [2.05, 4.69) is 21.9 Å². The molecule has 1 aromatic heterocycles. The molecule has 1 aromatic carbocycles. The van der Waals surface area contributed by atoms with Crippen LogP contribution < -0.4 is 0 Å². The molecule has 1 saturated heterocycles. The predicted octanol–water partition coefficient (Wildman–Crippen LogP) is 1.10. The largest absolute Gasteiger partial charge is 0.463 e. The van der Waals surface area contributed by atoms with E-state index in [1.54, 1.807) is 0 Å². The Morgan fingerprint density at radius 1 is 0.972 bits per heavy atom. The highest BCUT2D eigenvalue weighted by atomic mass is 16.7. The van der Waals surface area contributed by atoms with E-state index in [1.807, 2.05) is 31.2 Å². The zero-order chi connectivity index (χ0) is 26.4. The Morgan fingerprint density at radius 2 is 1.61 bits per heavy atom. The van der Waals surface area contributed by atoms with E-state index < -0.39 is 48.4 Å². The molecule has 0 spiro atoms. The number of carbonyl (C=O) groups excluding carboxylic acids is 4. The number of methoxy groups -OCH3 is 1. The van der Waals surface area contributed by atoms with E-state index in [-0.39, 0.29) is 18.3 Å². The lowest BCUT2D eigenvalue weighted by Gasteiger charge is -2.23. The molecule has 36 heavy (non-hydrogen) atoms. The molecule has 0 N–H and O–H groups in total. The van der Waals surface area contributed by atoms with Crippen molar-refractivity contribution < 1.29 is 42.9 Å². The van der Waals surface area contributed by atoms with Crippen molar-refractivity contribution in [1.82, 2.24) is 14.8 Å². The number of hydrogen-bond donors (Lipinski definition) is 0. The van der Waals surface area contributed by atoms with Gasteiger partial charge in [0.15, 0.2) is 18.4 Å². The zero-order valence-corrected chi connectivity index (χ0v) is 20.3. The highest BCUT2D eigenvalue weighted by Crippen LogP contribution is 2.34. The smallest absolute Gasteiger partial charge is 0.378 e. The molecule has 0 radical (unpaired) electrons. The van der Waals surface area contributed by atoms with E-state index >= 15 is 0 Å². The summed E-state index contributed by atoms with van der Waals surface area (Å²) < 4.78 is 27.6. The normalized spacial score (nSPS) is 20.6. The second-order valence-corrected chi connectivity index (χ2v) is 7.83. The molecule has 2 heterocycles. The van der Waals surface area contributed by atoms with Crippen LogP contribution in [0.15, 0.2) is 24.3 Å². The Labute approximate surface area is 206 Å². The fraction of sp³-hybridized carbons (Fsp3) is 0.417. The number of aryl methyl sites for hydroxylation is 1. The number of esters is 4. The third-order valence-corrected chi connectivity index (χ3v) is 4.95. The molecule has 1 aliphatic rings. The molecule has 0 unspecified atom stereocenters. The lowest BCUT2D eigenvalue weighted by atomic mass is 10.1. The summed E-state index contributed by atoms with van der Waals surface area (Å²) in [5.41, 5.74) is 1.72. The third kappa shape index (κ3) is 6.45. The van der Waals surface area contributed by atoms with Gasteiger partial charge in [0.25, 0.3) is 5.82 Å². The van der Waals surface area contributed by atoms with Crippen LogP contribution in [0, 0.1) is 18.8 Å². The number of ether oxygens (including phenoxy) is 5. The molecule has 3 rings (SSSR count). The monoisotopic (exact) mass is 499 g/mol. The fourth-order valence-corrected chi connectivity index (χ4v) is 3.42. The second kappa shape index (κ2) is 11.5. The number of hydrogen-bond acceptors (Lipinski definition) is 11. The van der Waals surface area contributed by atoms with E-state index in [1.165, 1.54) is 27.9 Å². The average Bonchev–Trinajstić information content (AvgIpc) is 3.38. The van der Waals surface area contributed by atoms with Gasteiger partial charge < -0.3 is 23.7 Å². The highest BCUT2D eigenvalue weighted by molar-refractivity contribution is 5.85. The first-order valence-electron chi connectivity index (χ1n) is 10.9. The Bertz CT molecular complexity index is 1210. The number of aromatic nitrogens is 3. The van der Waals surface area contributed by atoms with Crippen LogP contribution in [0.1, 0.15) is 54.6 Å². The maximum Gasteiger partial charge on any atom is 0.378 e. The van der Waals surface area contributed by atoms with Crippen molar-refractivity contribution in [2.24, 2.45) is 0 Å². The van der Waals surface area contributed by atoms with Crippen molar-refractivity contribution in [1.29, 1.82) is 0 Å².